The molecule has 1 aliphatic rings. The van der Waals surface area contributed by atoms with Crippen molar-refractivity contribution in [2.75, 3.05) is 13.2 Å². The fourth-order valence-electron chi connectivity index (χ4n) is 3.04. The van der Waals surface area contributed by atoms with Gasteiger partial charge in [0.2, 0.25) is 0 Å². The van der Waals surface area contributed by atoms with Crippen molar-refractivity contribution in [3.05, 3.63) is 42.3 Å². The standard InChI is InChI=1S/C17H15F3N4O3/c18-17(19,20)10-5-12(14-7-21-9-27-14)15-22-6-13(24(15)8-10)16(25)23-11-1-3-26-4-2-11/h5-9,11H,1-4H2,(H,23,25). The summed E-state index contributed by atoms with van der Waals surface area (Å²) in [5.74, 6) is -0.356. The van der Waals surface area contributed by atoms with Crippen LogP contribution in [-0.4, -0.2) is 39.5 Å². The number of nitrogens with zero attached hydrogens (tertiary/aromatic N) is 3. The Bertz CT molecular complexity index is 960. The van der Waals surface area contributed by atoms with Crippen LogP contribution >= 0.6 is 0 Å². The summed E-state index contributed by atoms with van der Waals surface area (Å²) < 4.78 is 51.6. The van der Waals surface area contributed by atoms with E-state index >= 15 is 0 Å². The molecule has 1 fully saturated rings. The zero-order valence-corrected chi connectivity index (χ0v) is 14.0. The number of carbonyl (C=O) groups excluding carboxylic acids is 1. The van der Waals surface area contributed by atoms with E-state index in [4.69, 9.17) is 9.15 Å². The fourth-order valence-corrected chi connectivity index (χ4v) is 3.04. The van der Waals surface area contributed by atoms with Gasteiger partial charge in [-0.15, -0.1) is 0 Å². The summed E-state index contributed by atoms with van der Waals surface area (Å²) in [5, 5.41) is 2.83. The molecular formula is C17H15F3N4O3. The lowest BCUT2D eigenvalue weighted by Crippen LogP contribution is -2.39. The first-order chi connectivity index (χ1) is 12.9. The third-order valence-corrected chi connectivity index (χ3v) is 4.42. The molecule has 0 aliphatic carbocycles. The monoisotopic (exact) mass is 380 g/mol. The summed E-state index contributed by atoms with van der Waals surface area (Å²) in [6.45, 7) is 1.07. The maximum atomic E-state index is 13.4. The normalized spacial score (nSPS) is 16.0. The van der Waals surface area contributed by atoms with Crippen LogP contribution in [0.25, 0.3) is 17.0 Å². The van der Waals surface area contributed by atoms with E-state index in [-0.39, 0.29) is 28.7 Å². The minimum absolute atomic E-state index is 0.0170. The number of nitrogens with one attached hydrogen (secondary N) is 1. The van der Waals surface area contributed by atoms with Crippen molar-refractivity contribution in [3.63, 3.8) is 0 Å². The Hall–Kier alpha value is -2.88. The van der Waals surface area contributed by atoms with Crippen molar-refractivity contribution in [1.29, 1.82) is 0 Å². The first kappa shape index (κ1) is 17.5. The number of imidazole rings is 1. The third-order valence-electron chi connectivity index (χ3n) is 4.42. The summed E-state index contributed by atoms with van der Waals surface area (Å²) in [7, 11) is 0. The maximum Gasteiger partial charge on any atom is 0.417 e. The number of halogens is 3. The summed E-state index contributed by atoms with van der Waals surface area (Å²) >= 11 is 0. The first-order valence-electron chi connectivity index (χ1n) is 8.29. The topological polar surface area (TPSA) is 81.7 Å². The van der Waals surface area contributed by atoms with Crippen LogP contribution in [-0.2, 0) is 10.9 Å². The molecule has 10 heteroatoms. The van der Waals surface area contributed by atoms with Crippen molar-refractivity contribution in [2.24, 2.45) is 0 Å². The zero-order chi connectivity index (χ0) is 19.0. The molecule has 0 radical (unpaired) electrons. The van der Waals surface area contributed by atoms with Crippen molar-refractivity contribution in [2.45, 2.75) is 25.1 Å². The SMILES string of the molecule is O=C(NC1CCOCC1)c1cnc2c(-c3cnco3)cc(C(F)(F)F)cn12. The van der Waals surface area contributed by atoms with Gasteiger partial charge in [0.25, 0.3) is 5.91 Å². The maximum absolute atomic E-state index is 13.4. The summed E-state index contributed by atoms with van der Waals surface area (Å²) in [6, 6.07) is 0.847. The summed E-state index contributed by atoms with van der Waals surface area (Å²) in [4.78, 5) is 20.5. The second-order valence-electron chi connectivity index (χ2n) is 6.20. The molecule has 0 spiro atoms. The number of pyridine rings is 1. The number of carbonyl (C=O) groups is 1. The van der Waals surface area contributed by atoms with E-state index in [9.17, 15) is 18.0 Å². The fraction of sp³-hybridized carbons (Fsp3) is 0.353. The Balaban J connectivity index is 1.78. The molecule has 3 aromatic heterocycles. The average molecular weight is 380 g/mol. The number of rotatable bonds is 3. The Morgan fingerprint density at radius 1 is 1.26 bits per heavy atom. The van der Waals surface area contributed by atoms with Crippen LogP contribution in [0.2, 0.25) is 0 Å². The minimum Gasteiger partial charge on any atom is -0.443 e. The number of amides is 1. The predicted octanol–water partition coefficient (Wildman–Crippen LogP) is 2.92. The van der Waals surface area contributed by atoms with E-state index in [0.717, 1.165) is 23.1 Å². The van der Waals surface area contributed by atoms with Crippen LogP contribution in [0.4, 0.5) is 13.2 Å². The van der Waals surface area contributed by atoms with E-state index in [2.05, 4.69) is 15.3 Å². The molecule has 27 heavy (non-hydrogen) atoms. The van der Waals surface area contributed by atoms with Gasteiger partial charge in [-0.25, -0.2) is 9.97 Å². The Kier molecular flexibility index (Phi) is 4.34. The minimum atomic E-state index is -4.60. The van der Waals surface area contributed by atoms with E-state index in [0.29, 0.717) is 26.1 Å². The third kappa shape index (κ3) is 3.39. The lowest BCUT2D eigenvalue weighted by molar-refractivity contribution is -0.137. The summed E-state index contributed by atoms with van der Waals surface area (Å²) in [6.07, 6.45) is 1.24. The van der Waals surface area contributed by atoms with Crippen molar-refractivity contribution < 1.29 is 27.1 Å². The molecule has 0 bridgehead atoms. The van der Waals surface area contributed by atoms with Crippen LogP contribution < -0.4 is 5.32 Å². The van der Waals surface area contributed by atoms with Crippen LogP contribution in [0, 0.1) is 0 Å². The number of hydrogen-bond acceptors (Lipinski definition) is 5. The lowest BCUT2D eigenvalue weighted by atomic mass is 10.1. The van der Waals surface area contributed by atoms with Gasteiger partial charge in [-0.05, 0) is 18.9 Å². The van der Waals surface area contributed by atoms with Gasteiger partial charge in [-0.2, -0.15) is 13.2 Å². The molecule has 142 valence electrons. The Morgan fingerprint density at radius 3 is 2.70 bits per heavy atom. The van der Waals surface area contributed by atoms with E-state index < -0.39 is 17.6 Å². The first-order valence-corrected chi connectivity index (χ1v) is 8.29. The zero-order valence-electron chi connectivity index (χ0n) is 14.0. The smallest absolute Gasteiger partial charge is 0.417 e. The van der Waals surface area contributed by atoms with Gasteiger partial charge in [0, 0.05) is 25.5 Å². The number of fused-ring (bicyclic) bond motifs is 1. The predicted molar refractivity (Wildman–Crippen MR) is 87.0 cm³/mol. The van der Waals surface area contributed by atoms with Gasteiger partial charge < -0.3 is 14.5 Å². The van der Waals surface area contributed by atoms with E-state index in [1.165, 1.54) is 12.4 Å². The highest BCUT2D eigenvalue weighted by Gasteiger charge is 2.33. The molecule has 0 saturated carbocycles. The second kappa shape index (κ2) is 6.69. The molecule has 1 aliphatic heterocycles. The van der Waals surface area contributed by atoms with Crippen LogP contribution in [0.15, 0.2) is 35.5 Å². The van der Waals surface area contributed by atoms with Crippen molar-refractivity contribution in [1.82, 2.24) is 19.7 Å². The van der Waals surface area contributed by atoms with E-state index in [1.807, 2.05) is 0 Å². The van der Waals surface area contributed by atoms with Crippen LogP contribution in [0.1, 0.15) is 28.9 Å². The van der Waals surface area contributed by atoms with Crippen molar-refractivity contribution in [3.8, 4) is 11.3 Å². The van der Waals surface area contributed by atoms with Gasteiger partial charge in [-0.3, -0.25) is 9.20 Å². The molecule has 4 rings (SSSR count). The van der Waals surface area contributed by atoms with Gasteiger partial charge in [0.05, 0.1) is 23.5 Å². The average Bonchev–Trinajstić information content (AvgIpc) is 3.31. The molecule has 3 aromatic rings. The Labute approximate surface area is 151 Å². The van der Waals surface area contributed by atoms with Crippen LogP contribution in [0.3, 0.4) is 0 Å². The number of hydrogen-bond donors (Lipinski definition) is 1. The largest absolute Gasteiger partial charge is 0.443 e. The Morgan fingerprint density at radius 2 is 2.04 bits per heavy atom. The van der Waals surface area contributed by atoms with Crippen LogP contribution in [0.5, 0.6) is 0 Å². The quantitative estimate of drug-likeness (QED) is 0.756. The molecule has 0 unspecified atom stereocenters. The highest BCUT2D eigenvalue weighted by molar-refractivity contribution is 5.94. The molecular weight excluding hydrogens is 365 g/mol. The summed E-state index contributed by atoms with van der Waals surface area (Å²) in [5.41, 5.74) is -0.618. The van der Waals surface area contributed by atoms with Gasteiger partial charge in [-0.1, -0.05) is 0 Å². The molecule has 1 saturated heterocycles. The molecule has 1 N–H and O–H groups in total. The number of alkyl halides is 3. The second-order valence-corrected chi connectivity index (χ2v) is 6.20. The van der Waals surface area contributed by atoms with Gasteiger partial charge in [0.15, 0.2) is 12.2 Å². The van der Waals surface area contributed by atoms with Crippen molar-refractivity contribution >= 4 is 11.6 Å². The molecule has 1 amide bonds. The number of aromatic nitrogens is 3. The molecule has 4 heterocycles. The molecule has 0 atom stereocenters. The van der Waals surface area contributed by atoms with E-state index in [1.54, 1.807) is 0 Å². The molecule has 7 nitrogen and oxygen atoms in total. The molecule has 0 aromatic carbocycles. The van der Waals surface area contributed by atoms with Gasteiger partial charge >= 0.3 is 6.18 Å². The highest BCUT2D eigenvalue weighted by atomic mass is 19.4. The lowest BCUT2D eigenvalue weighted by Gasteiger charge is -2.23. The number of ether oxygens (including phenoxy) is 1. The number of oxazole rings is 1. The van der Waals surface area contributed by atoms with Gasteiger partial charge in [0.1, 0.15) is 11.3 Å². The highest BCUT2D eigenvalue weighted by Crippen LogP contribution is 2.34.